The monoisotopic (exact) mass is 616 g/mol. The number of benzene rings is 4. The van der Waals surface area contributed by atoms with Gasteiger partial charge in [-0.05, 0) is 53.4 Å². The molecule has 0 fully saturated rings. The van der Waals surface area contributed by atoms with Crippen LogP contribution in [0.4, 0.5) is 5.69 Å². The molecular weight excluding hydrogens is 584 g/mol. The second kappa shape index (κ2) is 12.9. The first-order valence-corrected chi connectivity index (χ1v) is 15.4. The van der Waals surface area contributed by atoms with Crippen molar-refractivity contribution in [1.82, 2.24) is 10.6 Å². The first-order valence-electron chi connectivity index (χ1n) is 14.0. The molecular formula is C33H33ClN4O4S. The van der Waals surface area contributed by atoms with Gasteiger partial charge in [0.1, 0.15) is 11.6 Å². The van der Waals surface area contributed by atoms with E-state index in [0.717, 1.165) is 46.7 Å². The van der Waals surface area contributed by atoms with E-state index in [0.29, 0.717) is 24.4 Å². The number of amidine groups is 1. The van der Waals surface area contributed by atoms with Gasteiger partial charge in [-0.3, -0.25) is 14.1 Å². The van der Waals surface area contributed by atoms with E-state index in [-0.39, 0.29) is 29.6 Å². The highest BCUT2D eigenvalue weighted by Gasteiger charge is 2.39. The van der Waals surface area contributed by atoms with Crippen molar-refractivity contribution >= 4 is 39.9 Å². The average molecular weight is 617 g/mol. The van der Waals surface area contributed by atoms with Crippen LogP contribution < -0.4 is 19.7 Å². The summed E-state index contributed by atoms with van der Waals surface area (Å²) in [6.45, 7) is 2.09. The van der Waals surface area contributed by atoms with E-state index in [4.69, 9.17) is 4.74 Å². The molecule has 10 heteroatoms. The second-order valence-corrected chi connectivity index (χ2v) is 12.1. The minimum absolute atomic E-state index is 0. The molecule has 1 unspecified atom stereocenters. The zero-order valence-electron chi connectivity index (χ0n) is 23.7. The summed E-state index contributed by atoms with van der Waals surface area (Å²) in [6.07, 6.45) is 0.634. The van der Waals surface area contributed by atoms with Crippen LogP contribution in [0.2, 0.25) is 0 Å². The molecule has 6 rings (SSSR count). The van der Waals surface area contributed by atoms with Crippen molar-refractivity contribution in [3.05, 3.63) is 114 Å². The van der Waals surface area contributed by atoms with Crippen molar-refractivity contribution in [2.45, 2.75) is 23.8 Å². The van der Waals surface area contributed by atoms with Gasteiger partial charge in [0, 0.05) is 24.2 Å². The molecule has 0 bridgehead atoms. The molecule has 0 spiro atoms. The Balaban J connectivity index is 0.00000368. The van der Waals surface area contributed by atoms with Crippen LogP contribution in [-0.2, 0) is 21.2 Å². The predicted molar refractivity (Wildman–Crippen MR) is 172 cm³/mol. The minimum Gasteiger partial charge on any atom is -0.497 e. The highest BCUT2D eigenvalue weighted by atomic mass is 35.5. The molecule has 8 nitrogen and oxygen atoms in total. The predicted octanol–water partition coefficient (Wildman–Crippen LogP) is 5.13. The SMILES string of the molecule is COc1ccc(S(=O)(=O)N2c3ccccc3-c3ccccc3C2CC(=O)NCCc2ccc(C3=NCCN3)cc2)cc1.Cl. The Morgan fingerprint density at radius 1 is 0.953 bits per heavy atom. The summed E-state index contributed by atoms with van der Waals surface area (Å²) in [6, 6.07) is 28.9. The van der Waals surface area contributed by atoms with Gasteiger partial charge < -0.3 is 15.4 Å². The number of halogens is 1. The summed E-state index contributed by atoms with van der Waals surface area (Å²) in [7, 11) is -2.49. The van der Waals surface area contributed by atoms with Gasteiger partial charge in [-0.2, -0.15) is 0 Å². The minimum atomic E-state index is -4.03. The highest BCUT2D eigenvalue weighted by Crippen LogP contribution is 2.48. The number of nitrogens with zero attached hydrogens (tertiary/aromatic N) is 2. The number of nitrogens with one attached hydrogen (secondary N) is 2. The maximum Gasteiger partial charge on any atom is 0.264 e. The van der Waals surface area contributed by atoms with Crippen molar-refractivity contribution in [3.63, 3.8) is 0 Å². The zero-order valence-corrected chi connectivity index (χ0v) is 25.3. The van der Waals surface area contributed by atoms with Gasteiger partial charge in [0.15, 0.2) is 0 Å². The lowest BCUT2D eigenvalue weighted by Gasteiger charge is -2.39. The number of hydrogen-bond donors (Lipinski definition) is 2. The second-order valence-electron chi connectivity index (χ2n) is 10.3. The highest BCUT2D eigenvalue weighted by molar-refractivity contribution is 7.92. The molecule has 2 heterocycles. The smallest absolute Gasteiger partial charge is 0.264 e. The summed E-state index contributed by atoms with van der Waals surface area (Å²) in [5.74, 6) is 1.26. The number of sulfonamides is 1. The molecule has 0 saturated heterocycles. The molecule has 2 aliphatic rings. The Bertz CT molecular complexity index is 1740. The van der Waals surface area contributed by atoms with Crippen molar-refractivity contribution in [2.75, 3.05) is 31.0 Å². The number of carbonyl (C=O) groups excluding carboxylic acids is 1. The molecule has 0 radical (unpaired) electrons. The molecule has 0 aromatic heterocycles. The van der Waals surface area contributed by atoms with Gasteiger partial charge in [0.2, 0.25) is 5.91 Å². The van der Waals surface area contributed by atoms with Crippen LogP contribution >= 0.6 is 12.4 Å². The summed E-state index contributed by atoms with van der Waals surface area (Å²) < 4.78 is 35.1. The van der Waals surface area contributed by atoms with E-state index >= 15 is 0 Å². The first kappa shape index (κ1) is 30.1. The topological polar surface area (TPSA) is 100 Å². The largest absolute Gasteiger partial charge is 0.497 e. The van der Waals surface area contributed by atoms with E-state index in [2.05, 4.69) is 15.6 Å². The zero-order chi connectivity index (χ0) is 29.1. The third-order valence-corrected chi connectivity index (χ3v) is 9.50. The van der Waals surface area contributed by atoms with E-state index in [9.17, 15) is 13.2 Å². The number of fused-ring (bicyclic) bond motifs is 3. The summed E-state index contributed by atoms with van der Waals surface area (Å²) in [4.78, 5) is 18.0. The summed E-state index contributed by atoms with van der Waals surface area (Å²) in [5, 5.41) is 6.29. The third-order valence-electron chi connectivity index (χ3n) is 7.67. The van der Waals surface area contributed by atoms with Gasteiger partial charge in [-0.15, -0.1) is 12.4 Å². The van der Waals surface area contributed by atoms with E-state index in [1.54, 1.807) is 18.2 Å². The van der Waals surface area contributed by atoms with Crippen molar-refractivity contribution in [1.29, 1.82) is 0 Å². The fraction of sp³-hybridized carbons (Fsp3) is 0.212. The Kier molecular flexibility index (Phi) is 9.03. The van der Waals surface area contributed by atoms with Gasteiger partial charge in [-0.25, -0.2) is 8.42 Å². The van der Waals surface area contributed by atoms with Crippen LogP contribution in [0.5, 0.6) is 5.75 Å². The lowest BCUT2D eigenvalue weighted by molar-refractivity contribution is -0.121. The Labute approximate surface area is 258 Å². The summed E-state index contributed by atoms with van der Waals surface area (Å²) in [5.41, 5.74) is 5.22. The molecule has 1 amide bonds. The van der Waals surface area contributed by atoms with Gasteiger partial charge in [-0.1, -0.05) is 66.7 Å². The number of para-hydroxylation sites is 1. The number of hydrogen-bond acceptors (Lipinski definition) is 6. The lowest BCUT2D eigenvalue weighted by atomic mass is 9.88. The number of rotatable bonds is 9. The third kappa shape index (κ3) is 6.09. The first-order chi connectivity index (χ1) is 20.5. The molecule has 4 aromatic rings. The van der Waals surface area contributed by atoms with Crippen LogP contribution in [0, 0.1) is 0 Å². The number of anilines is 1. The molecule has 222 valence electrons. The maximum atomic E-state index is 14.2. The normalized spacial score (nSPS) is 15.3. The molecule has 4 aromatic carbocycles. The molecule has 1 atom stereocenters. The maximum absolute atomic E-state index is 14.2. The number of aliphatic imine (C=N–C) groups is 1. The molecule has 43 heavy (non-hydrogen) atoms. The quantitative estimate of drug-likeness (QED) is 0.272. The van der Waals surface area contributed by atoms with E-state index in [1.807, 2.05) is 66.7 Å². The van der Waals surface area contributed by atoms with Gasteiger partial charge in [0.25, 0.3) is 10.0 Å². The van der Waals surface area contributed by atoms with Crippen LogP contribution in [-0.4, -0.2) is 46.9 Å². The van der Waals surface area contributed by atoms with Crippen molar-refractivity contribution in [3.8, 4) is 16.9 Å². The van der Waals surface area contributed by atoms with Crippen LogP contribution in [0.3, 0.4) is 0 Å². The van der Waals surface area contributed by atoms with E-state index in [1.165, 1.54) is 23.5 Å². The van der Waals surface area contributed by atoms with Crippen molar-refractivity contribution in [2.24, 2.45) is 4.99 Å². The number of amides is 1. The fourth-order valence-electron chi connectivity index (χ4n) is 5.59. The van der Waals surface area contributed by atoms with Gasteiger partial charge in [0.05, 0.1) is 36.7 Å². The average Bonchev–Trinajstić information content (AvgIpc) is 3.57. The van der Waals surface area contributed by atoms with Crippen LogP contribution in [0.25, 0.3) is 11.1 Å². The number of ether oxygens (including phenoxy) is 1. The fourth-order valence-corrected chi connectivity index (χ4v) is 7.23. The molecule has 0 aliphatic carbocycles. The Morgan fingerprint density at radius 2 is 1.65 bits per heavy atom. The number of methoxy groups -OCH3 is 1. The molecule has 0 saturated carbocycles. The standard InChI is InChI=1S/C33H32N4O4S.ClH/c1-41-25-14-16-26(17-15-25)42(39,40)37-30-9-5-4-7-28(30)27-6-2-3-8-29(27)31(37)22-32(38)34-19-18-23-10-12-24(13-11-23)33-35-20-21-36-33;/h2-17,31H,18-22H2,1H3,(H,34,38)(H,35,36);1H. The van der Waals surface area contributed by atoms with Gasteiger partial charge >= 0.3 is 0 Å². The van der Waals surface area contributed by atoms with Crippen LogP contribution in [0.1, 0.15) is 29.2 Å². The Hall–Kier alpha value is -4.34. The van der Waals surface area contributed by atoms with Crippen molar-refractivity contribution < 1.29 is 17.9 Å². The summed E-state index contributed by atoms with van der Waals surface area (Å²) >= 11 is 0. The number of carbonyl (C=O) groups is 1. The molecule has 2 N–H and O–H groups in total. The van der Waals surface area contributed by atoms with E-state index < -0.39 is 16.1 Å². The Morgan fingerprint density at radius 3 is 2.35 bits per heavy atom. The van der Waals surface area contributed by atoms with Crippen LogP contribution in [0.15, 0.2) is 107 Å². The molecule has 2 aliphatic heterocycles. The lowest BCUT2D eigenvalue weighted by Crippen LogP contribution is -2.40.